The fourth-order valence-electron chi connectivity index (χ4n) is 0.953. The SMILES string of the molecule is Nc1ncc2ncn(O[PH](=O)O)c2n1. The van der Waals surface area contributed by atoms with Crippen LogP contribution in [0, 0.1) is 0 Å². The van der Waals surface area contributed by atoms with Crippen molar-refractivity contribution in [2.45, 2.75) is 0 Å². The van der Waals surface area contributed by atoms with Gasteiger partial charge in [-0.3, -0.25) is 0 Å². The van der Waals surface area contributed by atoms with E-state index < -0.39 is 8.25 Å². The van der Waals surface area contributed by atoms with Crippen molar-refractivity contribution in [2.24, 2.45) is 0 Å². The maximum Gasteiger partial charge on any atom is 0.384 e. The molecule has 1 unspecified atom stereocenters. The molecule has 8 nitrogen and oxygen atoms in total. The number of nitrogen functional groups attached to an aromatic ring is 1. The predicted octanol–water partition coefficient (Wildman–Crippen LogP) is -0.781. The average molecular weight is 215 g/mol. The number of rotatable bonds is 2. The number of nitrogens with zero attached hydrogens (tertiary/aromatic N) is 4. The van der Waals surface area contributed by atoms with Gasteiger partial charge in [-0.1, -0.05) is 0 Å². The van der Waals surface area contributed by atoms with Gasteiger partial charge in [0, 0.05) is 0 Å². The Labute approximate surface area is 78.3 Å². The largest absolute Gasteiger partial charge is 0.384 e. The summed E-state index contributed by atoms with van der Waals surface area (Å²) in [6.07, 6.45) is 2.61. The summed E-state index contributed by atoms with van der Waals surface area (Å²) in [7, 11) is -3.09. The molecule has 1 atom stereocenters. The second kappa shape index (κ2) is 3.24. The van der Waals surface area contributed by atoms with Crippen LogP contribution in [0.15, 0.2) is 12.5 Å². The maximum absolute atomic E-state index is 10.4. The molecule has 2 heterocycles. The zero-order valence-electron chi connectivity index (χ0n) is 6.78. The molecule has 0 saturated heterocycles. The van der Waals surface area contributed by atoms with Gasteiger partial charge < -0.3 is 15.3 Å². The third-order valence-electron chi connectivity index (χ3n) is 1.46. The van der Waals surface area contributed by atoms with Crippen LogP contribution in [-0.4, -0.2) is 24.6 Å². The number of anilines is 1. The minimum atomic E-state index is -3.09. The van der Waals surface area contributed by atoms with Gasteiger partial charge in [-0.15, -0.1) is 4.73 Å². The van der Waals surface area contributed by atoms with Gasteiger partial charge in [0.25, 0.3) is 0 Å². The molecule has 0 saturated carbocycles. The number of hydrogen-bond donors (Lipinski definition) is 2. The van der Waals surface area contributed by atoms with Gasteiger partial charge in [-0.25, -0.2) is 14.5 Å². The van der Waals surface area contributed by atoms with Crippen LogP contribution >= 0.6 is 8.25 Å². The van der Waals surface area contributed by atoms with Crippen LogP contribution in [0.2, 0.25) is 0 Å². The zero-order valence-corrected chi connectivity index (χ0v) is 7.78. The molecule has 2 aromatic rings. The van der Waals surface area contributed by atoms with Crippen molar-refractivity contribution >= 4 is 25.4 Å². The lowest BCUT2D eigenvalue weighted by Gasteiger charge is -2.00. The molecular formula is C5H6N5O3P. The Morgan fingerprint density at radius 3 is 3.07 bits per heavy atom. The van der Waals surface area contributed by atoms with Gasteiger partial charge >= 0.3 is 8.25 Å². The van der Waals surface area contributed by atoms with Gasteiger partial charge in [0.05, 0.1) is 6.20 Å². The maximum atomic E-state index is 10.4. The average Bonchev–Trinajstić information content (AvgIpc) is 2.47. The quantitative estimate of drug-likeness (QED) is 0.631. The summed E-state index contributed by atoms with van der Waals surface area (Å²) >= 11 is 0. The number of hydrogen-bond acceptors (Lipinski definition) is 6. The van der Waals surface area contributed by atoms with Crippen LogP contribution in [-0.2, 0) is 4.57 Å². The van der Waals surface area contributed by atoms with Crippen molar-refractivity contribution in [2.75, 3.05) is 5.73 Å². The van der Waals surface area contributed by atoms with Gasteiger partial charge in [0.1, 0.15) is 11.8 Å². The van der Waals surface area contributed by atoms with Crippen LogP contribution in [0.3, 0.4) is 0 Å². The lowest BCUT2D eigenvalue weighted by atomic mass is 10.6. The summed E-state index contributed by atoms with van der Waals surface area (Å²) in [5, 5.41) is 0. The Morgan fingerprint density at radius 2 is 2.36 bits per heavy atom. The number of nitrogens with two attached hydrogens (primary N) is 1. The number of imidazole rings is 1. The standard InChI is InChI=1S/C5H6N5O3P/c6-5-7-1-3-4(9-5)10(2-8-3)13-14(11)12/h1-2,14H,(H,11,12)(H2,6,7,9). The lowest BCUT2D eigenvalue weighted by Crippen LogP contribution is -2.04. The van der Waals surface area contributed by atoms with E-state index in [4.69, 9.17) is 10.6 Å². The van der Waals surface area contributed by atoms with Crippen LogP contribution < -0.4 is 10.4 Å². The molecule has 3 N–H and O–H groups in total. The van der Waals surface area contributed by atoms with E-state index in [0.717, 1.165) is 4.73 Å². The molecule has 14 heavy (non-hydrogen) atoms. The Balaban J connectivity index is 2.55. The minimum absolute atomic E-state index is 0.0421. The first kappa shape index (κ1) is 8.92. The summed E-state index contributed by atoms with van der Waals surface area (Å²) in [5.41, 5.74) is 6.02. The normalized spacial score (nSPS) is 12.9. The van der Waals surface area contributed by atoms with E-state index >= 15 is 0 Å². The first-order chi connectivity index (χ1) is 6.66. The van der Waals surface area contributed by atoms with Crippen LogP contribution in [0.25, 0.3) is 11.2 Å². The van der Waals surface area contributed by atoms with Crippen molar-refractivity contribution in [3.8, 4) is 0 Å². The third kappa shape index (κ3) is 1.52. The zero-order chi connectivity index (χ0) is 10.1. The van der Waals surface area contributed by atoms with Crippen LogP contribution in [0.4, 0.5) is 5.95 Å². The second-order valence-electron chi connectivity index (χ2n) is 2.36. The lowest BCUT2D eigenvalue weighted by molar-refractivity contribution is 0.258. The summed E-state index contributed by atoms with van der Waals surface area (Å²) in [6.45, 7) is 0. The summed E-state index contributed by atoms with van der Waals surface area (Å²) in [4.78, 5) is 19.9. The highest BCUT2D eigenvalue weighted by Crippen LogP contribution is 2.14. The van der Waals surface area contributed by atoms with E-state index in [9.17, 15) is 4.57 Å². The molecule has 2 aromatic heterocycles. The number of aromatic nitrogens is 4. The van der Waals surface area contributed by atoms with Gasteiger partial charge in [-0.2, -0.15) is 4.98 Å². The summed E-state index contributed by atoms with van der Waals surface area (Å²) < 4.78 is 15.9. The molecule has 0 bridgehead atoms. The molecule has 0 aromatic carbocycles. The molecule has 0 amide bonds. The number of fused-ring (bicyclic) bond motifs is 1. The van der Waals surface area contributed by atoms with E-state index in [1.807, 2.05) is 0 Å². The predicted molar refractivity (Wildman–Crippen MR) is 47.5 cm³/mol. The Hall–Kier alpha value is -1.66. The van der Waals surface area contributed by atoms with Gasteiger partial charge in [0.15, 0.2) is 0 Å². The molecule has 0 aliphatic heterocycles. The Bertz CT molecular complexity index is 497. The first-order valence-corrected chi connectivity index (χ1v) is 4.80. The summed E-state index contributed by atoms with van der Waals surface area (Å²) in [5.74, 6) is 0.0421. The molecule has 0 radical (unpaired) electrons. The van der Waals surface area contributed by atoms with Crippen molar-refractivity contribution in [1.29, 1.82) is 0 Å². The highest BCUT2D eigenvalue weighted by atomic mass is 31.1. The third-order valence-corrected chi connectivity index (χ3v) is 1.81. The van der Waals surface area contributed by atoms with Crippen LogP contribution in [0.5, 0.6) is 0 Å². The Kier molecular flexibility index (Phi) is 2.06. The van der Waals surface area contributed by atoms with E-state index in [1.54, 1.807) is 0 Å². The van der Waals surface area contributed by atoms with Gasteiger partial charge in [0.2, 0.25) is 11.6 Å². The smallest absolute Gasteiger partial charge is 0.368 e. The van der Waals surface area contributed by atoms with Crippen molar-refractivity contribution in [3.63, 3.8) is 0 Å². The minimum Gasteiger partial charge on any atom is -0.368 e. The van der Waals surface area contributed by atoms with Crippen molar-refractivity contribution < 1.29 is 14.1 Å². The molecule has 0 aliphatic rings. The molecule has 9 heteroatoms. The van der Waals surface area contributed by atoms with E-state index in [2.05, 4.69) is 19.6 Å². The molecule has 0 spiro atoms. The molecule has 0 aliphatic carbocycles. The highest BCUT2D eigenvalue weighted by molar-refractivity contribution is 7.32. The molecule has 0 fully saturated rings. The van der Waals surface area contributed by atoms with Gasteiger partial charge in [-0.05, 0) is 0 Å². The fraction of sp³-hybridized carbons (Fsp3) is 0. The highest BCUT2D eigenvalue weighted by Gasteiger charge is 2.07. The second-order valence-corrected chi connectivity index (χ2v) is 3.08. The molecule has 74 valence electrons. The Morgan fingerprint density at radius 1 is 1.57 bits per heavy atom. The van der Waals surface area contributed by atoms with E-state index in [-0.39, 0.29) is 11.6 Å². The van der Waals surface area contributed by atoms with Crippen molar-refractivity contribution in [1.82, 2.24) is 19.7 Å². The van der Waals surface area contributed by atoms with E-state index in [1.165, 1.54) is 12.5 Å². The topological polar surface area (TPSA) is 116 Å². The van der Waals surface area contributed by atoms with E-state index in [0.29, 0.717) is 5.52 Å². The monoisotopic (exact) mass is 215 g/mol. The summed E-state index contributed by atoms with van der Waals surface area (Å²) in [6, 6.07) is 0. The molecule has 2 rings (SSSR count). The van der Waals surface area contributed by atoms with Crippen molar-refractivity contribution in [3.05, 3.63) is 12.5 Å². The molecular weight excluding hydrogens is 209 g/mol. The fourth-order valence-corrected chi connectivity index (χ4v) is 1.26. The first-order valence-electron chi connectivity index (χ1n) is 3.53. The van der Waals surface area contributed by atoms with Crippen LogP contribution in [0.1, 0.15) is 0 Å².